The van der Waals surface area contributed by atoms with E-state index in [-0.39, 0.29) is 5.54 Å². The minimum atomic E-state index is -0.121. The Morgan fingerprint density at radius 1 is 1.42 bits per heavy atom. The standard InChI is InChI=1S/C15H24N4/c1-15(2,16)8-7-12(17-3)11-5-6-14-13(9-11)18-10-19(14)4/h5-6,9-10,12,17H,7-8,16H2,1-4H3. The molecule has 3 N–H and O–H groups in total. The van der Waals surface area contributed by atoms with Crippen molar-refractivity contribution in [3.63, 3.8) is 0 Å². The van der Waals surface area contributed by atoms with Crippen LogP contribution in [-0.2, 0) is 7.05 Å². The SMILES string of the molecule is CNC(CCC(C)(C)N)c1ccc2c(c1)ncn2C. The van der Waals surface area contributed by atoms with Gasteiger partial charge in [-0.2, -0.15) is 0 Å². The number of fused-ring (bicyclic) bond motifs is 1. The van der Waals surface area contributed by atoms with Gasteiger partial charge >= 0.3 is 0 Å². The molecule has 0 amide bonds. The fraction of sp³-hybridized carbons (Fsp3) is 0.533. The van der Waals surface area contributed by atoms with E-state index < -0.39 is 0 Å². The lowest BCUT2D eigenvalue weighted by atomic mass is 9.93. The lowest BCUT2D eigenvalue weighted by molar-refractivity contribution is 0.411. The zero-order chi connectivity index (χ0) is 14.0. The number of hydrogen-bond donors (Lipinski definition) is 2. The fourth-order valence-electron chi connectivity index (χ4n) is 2.36. The van der Waals surface area contributed by atoms with Gasteiger partial charge in [0.15, 0.2) is 0 Å². The lowest BCUT2D eigenvalue weighted by Gasteiger charge is -2.23. The summed E-state index contributed by atoms with van der Waals surface area (Å²) in [7, 11) is 4.01. The number of benzene rings is 1. The van der Waals surface area contributed by atoms with Gasteiger partial charge in [-0.25, -0.2) is 4.98 Å². The highest BCUT2D eigenvalue weighted by Crippen LogP contribution is 2.24. The van der Waals surface area contributed by atoms with Crippen molar-refractivity contribution in [3.8, 4) is 0 Å². The van der Waals surface area contributed by atoms with Crippen molar-refractivity contribution in [1.82, 2.24) is 14.9 Å². The monoisotopic (exact) mass is 260 g/mol. The lowest BCUT2D eigenvalue weighted by Crippen LogP contribution is -2.33. The van der Waals surface area contributed by atoms with E-state index in [1.54, 1.807) is 0 Å². The molecule has 0 radical (unpaired) electrons. The molecule has 0 fully saturated rings. The highest BCUT2D eigenvalue weighted by atomic mass is 15.0. The number of nitrogens with one attached hydrogen (secondary N) is 1. The molecule has 4 nitrogen and oxygen atoms in total. The first-order valence-corrected chi connectivity index (χ1v) is 6.78. The van der Waals surface area contributed by atoms with Gasteiger partial charge in [0.2, 0.25) is 0 Å². The molecular formula is C15H24N4. The molecule has 1 heterocycles. The van der Waals surface area contributed by atoms with E-state index in [0.29, 0.717) is 6.04 Å². The quantitative estimate of drug-likeness (QED) is 0.867. The van der Waals surface area contributed by atoms with Crippen LogP contribution >= 0.6 is 0 Å². The second kappa shape index (κ2) is 5.31. The van der Waals surface area contributed by atoms with E-state index >= 15 is 0 Å². The van der Waals surface area contributed by atoms with Crippen LogP contribution < -0.4 is 11.1 Å². The van der Waals surface area contributed by atoms with E-state index in [1.165, 1.54) is 5.56 Å². The third-order valence-electron chi connectivity index (χ3n) is 3.58. The minimum absolute atomic E-state index is 0.121. The molecule has 4 heteroatoms. The Morgan fingerprint density at radius 2 is 2.16 bits per heavy atom. The van der Waals surface area contributed by atoms with Crippen molar-refractivity contribution in [3.05, 3.63) is 30.1 Å². The second-order valence-corrected chi connectivity index (χ2v) is 5.97. The highest BCUT2D eigenvalue weighted by molar-refractivity contribution is 5.76. The summed E-state index contributed by atoms with van der Waals surface area (Å²) in [4.78, 5) is 4.41. The van der Waals surface area contributed by atoms with Crippen LogP contribution in [0.5, 0.6) is 0 Å². The Bertz CT molecular complexity index is 551. The van der Waals surface area contributed by atoms with Crippen molar-refractivity contribution < 1.29 is 0 Å². The van der Waals surface area contributed by atoms with E-state index in [0.717, 1.165) is 23.9 Å². The Morgan fingerprint density at radius 3 is 2.79 bits per heavy atom. The maximum atomic E-state index is 6.07. The van der Waals surface area contributed by atoms with E-state index in [2.05, 4.69) is 42.3 Å². The molecule has 0 aliphatic heterocycles. The van der Waals surface area contributed by atoms with Crippen LogP contribution in [0.4, 0.5) is 0 Å². The topological polar surface area (TPSA) is 55.9 Å². The highest BCUT2D eigenvalue weighted by Gasteiger charge is 2.16. The molecule has 19 heavy (non-hydrogen) atoms. The zero-order valence-corrected chi connectivity index (χ0v) is 12.3. The van der Waals surface area contributed by atoms with Crippen LogP contribution in [0, 0.1) is 0 Å². The van der Waals surface area contributed by atoms with E-state index in [4.69, 9.17) is 5.73 Å². The van der Waals surface area contributed by atoms with Crippen molar-refractivity contribution in [1.29, 1.82) is 0 Å². The van der Waals surface area contributed by atoms with Gasteiger partial charge in [0.05, 0.1) is 17.4 Å². The van der Waals surface area contributed by atoms with E-state index in [9.17, 15) is 0 Å². The summed E-state index contributed by atoms with van der Waals surface area (Å²) < 4.78 is 2.04. The molecule has 0 aliphatic rings. The van der Waals surface area contributed by atoms with E-state index in [1.807, 2.05) is 25.0 Å². The molecular weight excluding hydrogens is 236 g/mol. The fourth-order valence-corrected chi connectivity index (χ4v) is 2.36. The smallest absolute Gasteiger partial charge is 0.0955 e. The van der Waals surface area contributed by atoms with Gasteiger partial charge < -0.3 is 15.6 Å². The zero-order valence-electron chi connectivity index (χ0n) is 12.3. The number of rotatable bonds is 5. The second-order valence-electron chi connectivity index (χ2n) is 5.97. The minimum Gasteiger partial charge on any atom is -0.334 e. The summed E-state index contributed by atoms with van der Waals surface area (Å²) >= 11 is 0. The van der Waals surface area contributed by atoms with Crippen molar-refractivity contribution in [2.24, 2.45) is 12.8 Å². The number of hydrogen-bond acceptors (Lipinski definition) is 3. The summed E-state index contributed by atoms with van der Waals surface area (Å²) in [6.07, 6.45) is 3.86. The third-order valence-corrected chi connectivity index (χ3v) is 3.58. The molecule has 1 aromatic heterocycles. The van der Waals surface area contributed by atoms with Crippen LogP contribution in [0.2, 0.25) is 0 Å². The van der Waals surface area contributed by atoms with Gasteiger partial charge in [0.25, 0.3) is 0 Å². The molecule has 2 rings (SSSR count). The first-order chi connectivity index (χ1) is 8.90. The normalized spacial score (nSPS) is 13.9. The number of aromatic nitrogens is 2. The van der Waals surface area contributed by atoms with Crippen molar-refractivity contribution in [2.75, 3.05) is 7.05 Å². The Labute approximate surface area is 115 Å². The molecule has 0 bridgehead atoms. The van der Waals surface area contributed by atoms with Crippen LogP contribution in [-0.4, -0.2) is 22.1 Å². The Kier molecular flexibility index (Phi) is 3.92. The summed E-state index contributed by atoms with van der Waals surface area (Å²) in [5.74, 6) is 0. The van der Waals surface area contributed by atoms with Gasteiger partial charge in [-0.15, -0.1) is 0 Å². The molecule has 1 unspecified atom stereocenters. The van der Waals surface area contributed by atoms with Crippen molar-refractivity contribution in [2.45, 2.75) is 38.3 Å². The molecule has 0 saturated heterocycles. The summed E-state index contributed by atoms with van der Waals surface area (Å²) in [6.45, 7) is 4.14. The maximum absolute atomic E-state index is 6.07. The van der Waals surface area contributed by atoms with Gasteiger partial charge in [-0.3, -0.25) is 0 Å². The summed E-state index contributed by atoms with van der Waals surface area (Å²) in [5.41, 5.74) is 9.43. The predicted molar refractivity (Wildman–Crippen MR) is 80.0 cm³/mol. The molecule has 0 aliphatic carbocycles. The predicted octanol–water partition coefficient (Wildman–Crippen LogP) is 2.35. The largest absolute Gasteiger partial charge is 0.334 e. The molecule has 2 aromatic rings. The average Bonchev–Trinajstić information content (AvgIpc) is 2.70. The molecule has 0 spiro atoms. The van der Waals surface area contributed by atoms with Crippen LogP contribution in [0.25, 0.3) is 11.0 Å². The van der Waals surface area contributed by atoms with Gasteiger partial charge in [-0.1, -0.05) is 6.07 Å². The first-order valence-electron chi connectivity index (χ1n) is 6.78. The molecule has 1 aromatic carbocycles. The van der Waals surface area contributed by atoms with Crippen LogP contribution in [0.1, 0.15) is 38.3 Å². The van der Waals surface area contributed by atoms with Gasteiger partial charge in [-0.05, 0) is 51.4 Å². The number of nitrogens with zero attached hydrogens (tertiary/aromatic N) is 2. The molecule has 104 valence electrons. The Hall–Kier alpha value is -1.39. The summed E-state index contributed by atoms with van der Waals surface area (Å²) in [6, 6.07) is 6.80. The number of nitrogens with two attached hydrogens (primary N) is 1. The Balaban J connectivity index is 2.20. The first kappa shape index (κ1) is 14.0. The number of imidazole rings is 1. The van der Waals surface area contributed by atoms with Crippen molar-refractivity contribution >= 4 is 11.0 Å². The number of aryl methyl sites for hydroxylation is 1. The van der Waals surface area contributed by atoms with Gasteiger partial charge in [0, 0.05) is 18.6 Å². The molecule has 1 atom stereocenters. The van der Waals surface area contributed by atoms with Crippen LogP contribution in [0.15, 0.2) is 24.5 Å². The summed E-state index contributed by atoms with van der Waals surface area (Å²) in [5, 5.41) is 3.37. The maximum Gasteiger partial charge on any atom is 0.0955 e. The third kappa shape index (κ3) is 3.33. The average molecular weight is 260 g/mol. The van der Waals surface area contributed by atoms with Gasteiger partial charge in [0.1, 0.15) is 0 Å². The molecule has 0 saturated carbocycles. The van der Waals surface area contributed by atoms with Crippen LogP contribution in [0.3, 0.4) is 0 Å².